The Morgan fingerprint density at radius 3 is 3.23 bits per heavy atom. The average molecular weight is 179 g/mol. The van der Waals surface area contributed by atoms with Crippen molar-refractivity contribution >= 4 is 0 Å². The van der Waals surface area contributed by atoms with Crippen molar-refractivity contribution in [3.8, 4) is 0 Å². The zero-order chi connectivity index (χ0) is 8.89. The highest BCUT2D eigenvalue weighted by Crippen LogP contribution is 2.51. The molecule has 2 atom stereocenters. The molecule has 13 heavy (non-hydrogen) atoms. The Morgan fingerprint density at radius 2 is 2.54 bits per heavy atom. The molecule has 0 unspecified atom stereocenters. The molecule has 0 aliphatic carbocycles. The topological polar surface area (TPSA) is 26.7 Å². The van der Waals surface area contributed by atoms with Gasteiger partial charge in [-0.25, -0.2) is 0 Å². The van der Waals surface area contributed by atoms with Gasteiger partial charge >= 0.3 is 0 Å². The van der Waals surface area contributed by atoms with Gasteiger partial charge in [0.1, 0.15) is 11.7 Å². The van der Waals surface area contributed by atoms with Gasteiger partial charge in [-0.3, -0.25) is 0 Å². The molecule has 3 nitrogen and oxygen atoms in total. The van der Waals surface area contributed by atoms with Crippen LogP contribution in [-0.4, -0.2) is 23.9 Å². The minimum atomic E-state index is -0.00347. The van der Waals surface area contributed by atoms with Gasteiger partial charge in [0.25, 0.3) is 0 Å². The van der Waals surface area contributed by atoms with Crippen molar-refractivity contribution in [3.63, 3.8) is 0 Å². The smallest absolute Gasteiger partial charge is 0.139 e. The second-order valence-electron chi connectivity index (χ2n) is 3.83. The minimum absolute atomic E-state index is 0.00347. The van der Waals surface area contributed by atoms with Crippen molar-refractivity contribution < 1.29 is 9.47 Å². The van der Waals surface area contributed by atoms with Crippen molar-refractivity contribution in [2.45, 2.75) is 18.1 Å². The lowest BCUT2D eigenvalue weighted by atomic mass is 9.96. The van der Waals surface area contributed by atoms with Crippen LogP contribution in [0.4, 0.5) is 0 Å². The lowest BCUT2D eigenvalue weighted by Crippen LogP contribution is -2.26. The van der Waals surface area contributed by atoms with Crippen LogP contribution in [0.3, 0.4) is 0 Å². The summed E-state index contributed by atoms with van der Waals surface area (Å²) in [6.07, 6.45) is 3.36. The first kappa shape index (κ1) is 7.59. The summed E-state index contributed by atoms with van der Waals surface area (Å²) in [5.41, 5.74) is 1.29. The van der Waals surface area contributed by atoms with Crippen LogP contribution in [0.1, 0.15) is 12.1 Å². The van der Waals surface area contributed by atoms with Gasteiger partial charge in [0.2, 0.25) is 0 Å². The predicted molar refractivity (Wildman–Crippen MR) is 47.4 cm³/mol. The van der Waals surface area contributed by atoms with E-state index in [0.29, 0.717) is 6.10 Å². The van der Waals surface area contributed by atoms with Gasteiger partial charge in [0.05, 0.1) is 12.3 Å². The van der Waals surface area contributed by atoms with E-state index in [1.54, 1.807) is 0 Å². The Kier molecular flexibility index (Phi) is 1.38. The van der Waals surface area contributed by atoms with Crippen LogP contribution in [0, 0.1) is 0 Å². The highest BCUT2D eigenvalue weighted by Gasteiger charge is 2.60. The molecule has 3 rings (SSSR count). The molecule has 2 aliphatic rings. The molecule has 0 saturated carbocycles. The number of hydrogen-bond acceptors (Lipinski definition) is 2. The first-order chi connectivity index (χ1) is 6.33. The van der Waals surface area contributed by atoms with Crippen molar-refractivity contribution in [2.24, 2.45) is 7.05 Å². The zero-order valence-corrected chi connectivity index (χ0v) is 7.69. The third-order valence-electron chi connectivity index (χ3n) is 3.08. The van der Waals surface area contributed by atoms with E-state index in [1.165, 1.54) is 5.69 Å². The molecule has 0 N–H and O–H groups in total. The molecule has 0 aromatic carbocycles. The highest BCUT2D eigenvalue weighted by molar-refractivity contribution is 5.25. The maximum absolute atomic E-state index is 5.74. The summed E-state index contributed by atoms with van der Waals surface area (Å²) >= 11 is 0. The largest absolute Gasteiger partial charge is 0.378 e. The highest BCUT2D eigenvalue weighted by atomic mass is 16.6. The van der Waals surface area contributed by atoms with Crippen LogP contribution in [-0.2, 0) is 22.1 Å². The van der Waals surface area contributed by atoms with E-state index in [9.17, 15) is 0 Å². The molecular weight excluding hydrogens is 166 g/mol. The summed E-state index contributed by atoms with van der Waals surface area (Å²) in [6, 6.07) is 4.21. The van der Waals surface area contributed by atoms with E-state index in [2.05, 4.69) is 29.9 Å². The normalized spacial score (nSPS) is 37.2. The van der Waals surface area contributed by atoms with Crippen LogP contribution < -0.4 is 0 Å². The van der Waals surface area contributed by atoms with Gasteiger partial charge in [-0.15, -0.1) is 0 Å². The standard InChI is InChI=1S/C10H13NO2/c1-11-5-2-3-8(11)10-4-6-12-7-9(10)13-10/h2-3,5,9H,4,6-7H2,1H3/t9-,10-/m1/s1. The van der Waals surface area contributed by atoms with E-state index >= 15 is 0 Å². The summed E-state index contributed by atoms with van der Waals surface area (Å²) in [5.74, 6) is 0. The number of hydrogen-bond donors (Lipinski definition) is 0. The van der Waals surface area contributed by atoms with Gasteiger partial charge in [0.15, 0.2) is 0 Å². The van der Waals surface area contributed by atoms with Gasteiger partial charge in [0, 0.05) is 26.3 Å². The van der Waals surface area contributed by atoms with E-state index in [1.807, 2.05) is 0 Å². The Bertz CT molecular complexity index is 333. The number of rotatable bonds is 1. The minimum Gasteiger partial charge on any atom is -0.378 e. The number of ether oxygens (including phenoxy) is 2. The average Bonchev–Trinajstić information content (AvgIpc) is 2.74. The quantitative estimate of drug-likeness (QED) is 0.602. The summed E-state index contributed by atoms with van der Waals surface area (Å²) in [5, 5.41) is 0. The number of fused-ring (bicyclic) bond motifs is 1. The van der Waals surface area contributed by atoms with Gasteiger partial charge in [-0.05, 0) is 12.1 Å². The van der Waals surface area contributed by atoms with E-state index < -0.39 is 0 Å². The maximum Gasteiger partial charge on any atom is 0.139 e. The van der Waals surface area contributed by atoms with Gasteiger partial charge in [-0.1, -0.05) is 0 Å². The van der Waals surface area contributed by atoms with Crippen molar-refractivity contribution in [3.05, 3.63) is 24.0 Å². The zero-order valence-electron chi connectivity index (χ0n) is 7.69. The molecule has 0 radical (unpaired) electrons. The summed E-state index contributed by atoms with van der Waals surface area (Å²) in [7, 11) is 2.07. The molecule has 0 amide bonds. The van der Waals surface area contributed by atoms with Crippen LogP contribution in [0.15, 0.2) is 18.3 Å². The van der Waals surface area contributed by atoms with Crippen LogP contribution in [0.5, 0.6) is 0 Å². The third kappa shape index (κ3) is 0.914. The molecule has 70 valence electrons. The molecule has 1 aromatic heterocycles. The Hall–Kier alpha value is -0.800. The molecule has 2 aliphatic heterocycles. The molecule has 0 spiro atoms. The summed E-state index contributed by atoms with van der Waals surface area (Å²) in [4.78, 5) is 0. The summed E-state index contributed by atoms with van der Waals surface area (Å²) in [6.45, 7) is 1.58. The van der Waals surface area contributed by atoms with Crippen molar-refractivity contribution in [1.82, 2.24) is 4.57 Å². The van der Waals surface area contributed by atoms with Crippen molar-refractivity contribution in [1.29, 1.82) is 0 Å². The fraction of sp³-hybridized carbons (Fsp3) is 0.600. The second kappa shape index (κ2) is 2.36. The Balaban J connectivity index is 1.97. The SMILES string of the molecule is Cn1cccc1[C@]12CCOC[C@H]1O2. The Labute approximate surface area is 77.3 Å². The number of epoxide rings is 1. The number of aryl methyl sites for hydroxylation is 1. The van der Waals surface area contributed by atoms with Crippen LogP contribution in [0.2, 0.25) is 0 Å². The van der Waals surface area contributed by atoms with Gasteiger partial charge in [-0.2, -0.15) is 0 Å². The fourth-order valence-corrected chi connectivity index (χ4v) is 2.28. The monoisotopic (exact) mass is 179 g/mol. The third-order valence-corrected chi connectivity index (χ3v) is 3.08. The summed E-state index contributed by atoms with van der Waals surface area (Å²) < 4.78 is 13.2. The van der Waals surface area contributed by atoms with E-state index in [4.69, 9.17) is 9.47 Å². The number of aromatic nitrogens is 1. The first-order valence-corrected chi connectivity index (χ1v) is 4.70. The number of nitrogens with zero attached hydrogens (tertiary/aromatic N) is 1. The molecule has 0 bridgehead atoms. The fourth-order valence-electron chi connectivity index (χ4n) is 2.28. The van der Waals surface area contributed by atoms with E-state index in [-0.39, 0.29) is 5.60 Å². The molecule has 2 saturated heterocycles. The molecule has 3 heteroatoms. The van der Waals surface area contributed by atoms with Gasteiger partial charge < -0.3 is 14.0 Å². The molecule has 2 fully saturated rings. The predicted octanol–water partition coefficient (Wildman–Crippen LogP) is 1.04. The molecule has 3 heterocycles. The maximum atomic E-state index is 5.74. The van der Waals surface area contributed by atoms with Crippen molar-refractivity contribution in [2.75, 3.05) is 13.2 Å². The van der Waals surface area contributed by atoms with E-state index in [0.717, 1.165) is 19.6 Å². The van der Waals surface area contributed by atoms with Crippen LogP contribution >= 0.6 is 0 Å². The molecular formula is C10H13NO2. The second-order valence-corrected chi connectivity index (χ2v) is 3.83. The lowest BCUT2D eigenvalue weighted by Gasteiger charge is -2.18. The molecule has 1 aromatic rings. The Morgan fingerprint density at radius 1 is 1.62 bits per heavy atom. The van der Waals surface area contributed by atoms with Crippen LogP contribution in [0.25, 0.3) is 0 Å². The lowest BCUT2D eigenvalue weighted by molar-refractivity contribution is 0.0962. The first-order valence-electron chi connectivity index (χ1n) is 4.70.